The summed E-state index contributed by atoms with van der Waals surface area (Å²) in [6.45, 7) is 6.09. The minimum Gasteiger partial charge on any atom is -0.340 e. The molecule has 132 valence electrons. The molecule has 3 aliphatic heterocycles. The molecule has 1 atom stereocenters. The summed E-state index contributed by atoms with van der Waals surface area (Å²) in [5.41, 5.74) is 0. The van der Waals surface area contributed by atoms with Crippen LogP contribution in [0.15, 0.2) is 0 Å². The molecule has 23 heavy (non-hydrogen) atoms. The maximum atomic E-state index is 12.7. The van der Waals surface area contributed by atoms with Crippen molar-refractivity contribution in [3.63, 3.8) is 0 Å². The molecule has 0 aromatic carbocycles. The van der Waals surface area contributed by atoms with E-state index in [4.69, 9.17) is 0 Å². The van der Waals surface area contributed by atoms with E-state index < -0.39 is 10.2 Å². The third-order valence-corrected chi connectivity index (χ3v) is 7.11. The molecule has 0 aromatic rings. The Bertz CT molecular complexity index is 519. The van der Waals surface area contributed by atoms with E-state index in [1.165, 1.54) is 4.31 Å². The lowest BCUT2D eigenvalue weighted by atomic mass is 10.1. The second kappa shape index (κ2) is 7.02. The fourth-order valence-electron chi connectivity index (χ4n) is 3.44. The monoisotopic (exact) mass is 345 g/mol. The van der Waals surface area contributed by atoms with Crippen molar-refractivity contribution >= 4 is 16.1 Å². The summed E-state index contributed by atoms with van der Waals surface area (Å²) in [4.78, 5) is 16.4. The van der Waals surface area contributed by atoms with Crippen molar-refractivity contribution < 1.29 is 13.2 Å². The lowest BCUT2D eigenvalue weighted by molar-refractivity contribution is -0.136. The van der Waals surface area contributed by atoms with Gasteiger partial charge in [-0.15, -0.1) is 0 Å². The number of likely N-dealkylation sites (N-methyl/N-ethyl adjacent to an activating group) is 1. The first-order valence-electron chi connectivity index (χ1n) is 8.42. The number of nitrogens with zero attached hydrogens (tertiary/aromatic N) is 4. The number of carbonyl (C=O) groups excluding carboxylic acids is 1. The van der Waals surface area contributed by atoms with E-state index in [1.807, 2.05) is 11.9 Å². The van der Waals surface area contributed by atoms with Gasteiger partial charge in [-0.25, -0.2) is 0 Å². The second-order valence-electron chi connectivity index (χ2n) is 6.62. The Labute approximate surface area is 138 Å². The van der Waals surface area contributed by atoms with Gasteiger partial charge < -0.3 is 15.1 Å². The SMILES string of the molecule is CN1CCN(S(=O)(=O)N2CCN(C(=O)C3CCNC3)CC2)CC1. The van der Waals surface area contributed by atoms with E-state index in [0.29, 0.717) is 39.3 Å². The third kappa shape index (κ3) is 3.69. The summed E-state index contributed by atoms with van der Waals surface area (Å²) in [7, 11) is -1.38. The normalized spacial score (nSPS) is 29.1. The van der Waals surface area contributed by atoms with Crippen molar-refractivity contribution in [3.8, 4) is 0 Å². The highest BCUT2D eigenvalue weighted by Gasteiger charge is 2.36. The van der Waals surface area contributed by atoms with E-state index in [0.717, 1.165) is 32.6 Å². The van der Waals surface area contributed by atoms with Crippen LogP contribution in [0.4, 0.5) is 0 Å². The molecule has 1 amide bonds. The summed E-state index contributed by atoms with van der Waals surface area (Å²) >= 11 is 0. The minimum atomic E-state index is -3.39. The summed E-state index contributed by atoms with van der Waals surface area (Å²) in [5.74, 6) is 0.238. The zero-order valence-electron chi connectivity index (χ0n) is 13.8. The molecule has 3 fully saturated rings. The number of nitrogens with one attached hydrogen (secondary N) is 1. The highest BCUT2D eigenvalue weighted by Crippen LogP contribution is 2.17. The molecule has 3 aliphatic rings. The summed E-state index contributed by atoms with van der Waals surface area (Å²) < 4.78 is 28.5. The van der Waals surface area contributed by atoms with Crippen molar-refractivity contribution in [1.29, 1.82) is 0 Å². The van der Waals surface area contributed by atoms with Gasteiger partial charge in [0.15, 0.2) is 0 Å². The standard InChI is InChI=1S/C14H27N5O3S/c1-16-4-8-18(9-5-16)23(21,22)19-10-6-17(7-11-19)14(20)13-2-3-15-12-13/h13,15H,2-12H2,1H3. The molecule has 3 saturated heterocycles. The average molecular weight is 345 g/mol. The van der Waals surface area contributed by atoms with Crippen LogP contribution < -0.4 is 5.32 Å². The van der Waals surface area contributed by atoms with Gasteiger partial charge in [0.2, 0.25) is 5.91 Å². The van der Waals surface area contributed by atoms with E-state index >= 15 is 0 Å². The Balaban J connectivity index is 1.54. The number of amides is 1. The largest absolute Gasteiger partial charge is 0.340 e. The average Bonchev–Trinajstić information content (AvgIpc) is 3.09. The molecule has 0 spiro atoms. The van der Waals surface area contributed by atoms with Crippen LogP contribution in [-0.4, -0.2) is 105 Å². The van der Waals surface area contributed by atoms with Gasteiger partial charge in [0.05, 0.1) is 5.92 Å². The first-order chi connectivity index (χ1) is 11.0. The van der Waals surface area contributed by atoms with Gasteiger partial charge >= 0.3 is 0 Å². The zero-order chi connectivity index (χ0) is 16.4. The van der Waals surface area contributed by atoms with E-state index in [2.05, 4.69) is 10.2 Å². The molecule has 1 N–H and O–H groups in total. The molecule has 8 nitrogen and oxygen atoms in total. The Morgan fingerprint density at radius 3 is 2.04 bits per heavy atom. The van der Waals surface area contributed by atoms with Crippen LogP contribution in [0.2, 0.25) is 0 Å². The van der Waals surface area contributed by atoms with Gasteiger partial charge in [0.25, 0.3) is 10.2 Å². The van der Waals surface area contributed by atoms with Crippen LogP contribution in [-0.2, 0) is 15.0 Å². The number of piperazine rings is 2. The molecular weight excluding hydrogens is 318 g/mol. The molecule has 0 saturated carbocycles. The number of hydrogen-bond donors (Lipinski definition) is 1. The maximum Gasteiger partial charge on any atom is 0.282 e. The minimum absolute atomic E-state index is 0.0655. The van der Waals surface area contributed by atoms with Crippen molar-refractivity contribution in [1.82, 2.24) is 23.7 Å². The topological polar surface area (TPSA) is 76.2 Å². The summed E-state index contributed by atoms with van der Waals surface area (Å²) in [5, 5.41) is 3.21. The highest BCUT2D eigenvalue weighted by atomic mass is 32.2. The lowest BCUT2D eigenvalue weighted by Crippen LogP contribution is -2.57. The fraction of sp³-hybridized carbons (Fsp3) is 0.929. The molecule has 1 unspecified atom stereocenters. The predicted octanol–water partition coefficient (Wildman–Crippen LogP) is -1.77. The van der Waals surface area contributed by atoms with Gasteiger partial charge in [-0.3, -0.25) is 4.79 Å². The van der Waals surface area contributed by atoms with Crippen LogP contribution in [0.5, 0.6) is 0 Å². The molecule has 9 heteroatoms. The van der Waals surface area contributed by atoms with E-state index in [-0.39, 0.29) is 11.8 Å². The van der Waals surface area contributed by atoms with Crippen LogP contribution >= 0.6 is 0 Å². The quantitative estimate of drug-likeness (QED) is 0.655. The molecule has 0 bridgehead atoms. The van der Waals surface area contributed by atoms with Gasteiger partial charge in [-0.1, -0.05) is 0 Å². The van der Waals surface area contributed by atoms with Crippen molar-refractivity contribution in [2.45, 2.75) is 6.42 Å². The molecule has 3 rings (SSSR count). The molecule has 3 heterocycles. The number of hydrogen-bond acceptors (Lipinski definition) is 5. The van der Waals surface area contributed by atoms with Crippen molar-refractivity contribution in [2.24, 2.45) is 5.92 Å². The van der Waals surface area contributed by atoms with Gasteiger partial charge in [0.1, 0.15) is 0 Å². The number of carbonyl (C=O) groups is 1. The summed E-state index contributed by atoms with van der Waals surface area (Å²) in [6, 6.07) is 0. The summed E-state index contributed by atoms with van der Waals surface area (Å²) in [6.07, 6.45) is 0.888. The Kier molecular flexibility index (Phi) is 5.22. The van der Waals surface area contributed by atoms with E-state index in [9.17, 15) is 13.2 Å². The Morgan fingerprint density at radius 1 is 0.957 bits per heavy atom. The maximum absolute atomic E-state index is 12.7. The van der Waals surface area contributed by atoms with Crippen LogP contribution in [0.3, 0.4) is 0 Å². The van der Waals surface area contributed by atoms with Gasteiger partial charge in [0, 0.05) is 58.9 Å². The number of rotatable bonds is 3. The Hall–Kier alpha value is -0.740. The van der Waals surface area contributed by atoms with Crippen LogP contribution in [0.1, 0.15) is 6.42 Å². The van der Waals surface area contributed by atoms with Gasteiger partial charge in [-0.05, 0) is 20.0 Å². The molecule has 0 aromatic heterocycles. The Morgan fingerprint density at radius 2 is 1.52 bits per heavy atom. The molecular formula is C14H27N5O3S. The van der Waals surface area contributed by atoms with Crippen LogP contribution in [0.25, 0.3) is 0 Å². The van der Waals surface area contributed by atoms with Crippen molar-refractivity contribution in [3.05, 3.63) is 0 Å². The molecule has 0 aliphatic carbocycles. The smallest absolute Gasteiger partial charge is 0.282 e. The first-order valence-corrected chi connectivity index (χ1v) is 9.81. The zero-order valence-corrected chi connectivity index (χ0v) is 14.6. The predicted molar refractivity (Wildman–Crippen MR) is 87.1 cm³/mol. The molecule has 0 radical (unpaired) electrons. The fourth-order valence-corrected chi connectivity index (χ4v) is 5.02. The highest BCUT2D eigenvalue weighted by molar-refractivity contribution is 7.86. The van der Waals surface area contributed by atoms with Crippen molar-refractivity contribution in [2.75, 3.05) is 72.5 Å². The first kappa shape index (κ1) is 17.1. The third-order valence-electron chi connectivity index (χ3n) is 5.07. The second-order valence-corrected chi connectivity index (χ2v) is 8.55. The van der Waals surface area contributed by atoms with E-state index in [1.54, 1.807) is 4.31 Å². The lowest BCUT2D eigenvalue weighted by Gasteiger charge is -2.39. The van der Waals surface area contributed by atoms with Gasteiger partial charge in [-0.2, -0.15) is 17.0 Å². The van der Waals surface area contributed by atoms with Crippen LogP contribution in [0, 0.1) is 5.92 Å².